The molecule has 0 aliphatic heterocycles. The van der Waals surface area contributed by atoms with Crippen LogP contribution in [-0.2, 0) is 26.7 Å². The number of nitrogens with zero attached hydrogens (tertiary/aromatic N) is 5. The molecule has 4 aromatic carbocycles. The molecule has 9 rings (SSSR count). The van der Waals surface area contributed by atoms with Gasteiger partial charge in [-0.3, -0.25) is 15.0 Å². The van der Waals surface area contributed by atoms with E-state index in [4.69, 9.17) is 19.4 Å². The number of pyridine rings is 3. The van der Waals surface area contributed by atoms with Gasteiger partial charge in [0.05, 0.1) is 34.3 Å². The van der Waals surface area contributed by atoms with Gasteiger partial charge in [-0.15, -0.1) is 18.2 Å². The molecule has 1 radical (unpaired) electrons. The van der Waals surface area contributed by atoms with Crippen molar-refractivity contribution in [2.45, 2.75) is 50.5 Å². The van der Waals surface area contributed by atoms with Gasteiger partial charge in [-0.25, -0.2) is 0 Å². The Bertz CT molecular complexity index is 2760. The maximum Gasteiger partial charge on any atom is 0 e. The van der Waals surface area contributed by atoms with Crippen LogP contribution in [0.1, 0.15) is 36.7 Å². The Balaban J connectivity index is 0.000000183. The number of rotatable bonds is 7. The van der Waals surface area contributed by atoms with Crippen molar-refractivity contribution in [1.29, 1.82) is 0 Å². The fourth-order valence-corrected chi connectivity index (χ4v) is 10.1. The topological polar surface area (TPSA) is 69.6 Å². The third kappa shape index (κ3) is 7.90. The van der Waals surface area contributed by atoms with Gasteiger partial charge < -0.3 is 8.98 Å². The van der Waals surface area contributed by atoms with Gasteiger partial charge >= 0.3 is 135 Å². The molecule has 0 atom stereocenters. The number of aryl methyl sites for hydroxylation is 1. The van der Waals surface area contributed by atoms with Crippen molar-refractivity contribution in [2.24, 2.45) is 0 Å². The van der Waals surface area contributed by atoms with Crippen LogP contribution in [0.2, 0.25) is 17.3 Å². The minimum atomic E-state index is -1.99. The normalized spacial score (nSPS) is 11.5. The average Bonchev–Trinajstić information content (AvgIpc) is 3.77. The zero-order valence-corrected chi connectivity index (χ0v) is 37.0. The summed E-state index contributed by atoms with van der Waals surface area (Å²) in [5.41, 5.74) is 12.1. The van der Waals surface area contributed by atoms with E-state index in [2.05, 4.69) is 132 Å². The first-order chi connectivity index (χ1) is 26.7. The summed E-state index contributed by atoms with van der Waals surface area (Å²) in [6, 6.07) is 46.1. The number of imidazole rings is 1. The van der Waals surface area contributed by atoms with Crippen molar-refractivity contribution in [2.75, 3.05) is 0 Å². The Kier molecular flexibility index (Phi) is 11.5. The molecule has 0 spiro atoms. The maximum absolute atomic E-state index is 6.37. The zero-order chi connectivity index (χ0) is 38.1. The van der Waals surface area contributed by atoms with Crippen molar-refractivity contribution in [3.8, 4) is 33.8 Å². The van der Waals surface area contributed by atoms with Gasteiger partial charge in [0.25, 0.3) is 0 Å². The van der Waals surface area contributed by atoms with Crippen LogP contribution in [0.25, 0.3) is 66.7 Å². The van der Waals surface area contributed by atoms with Crippen molar-refractivity contribution in [3.05, 3.63) is 163 Å². The van der Waals surface area contributed by atoms with Crippen molar-refractivity contribution in [3.63, 3.8) is 0 Å². The molecule has 6 nitrogen and oxygen atoms in total. The van der Waals surface area contributed by atoms with E-state index in [9.17, 15) is 0 Å². The van der Waals surface area contributed by atoms with E-state index in [1.807, 2.05) is 61.8 Å². The second-order valence-corrected chi connectivity index (χ2v) is 25.8. The molecule has 281 valence electrons. The molecule has 5 heterocycles. The van der Waals surface area contributed by atoms with E-state index in [1.54, 1.807) is 0 Å². The average molecular weight is 971 g/mol. The molecule has 8 heteroatoms. The molecular formula is C48H43GeIrN5O-2. The van der Waals surface area contributed by atoms with Crippen LogP contribution in [0.4, 0.5) is 0 Å². The second kappa shape index (κ2) is 16.5. The van der Waals surface area contributed by atoms with Crippen LogP contribution >= 0.6 is 0 Å². The summed E-state index contributed by atoms with van der Waals surface area (Å²) in [7, 11) is 0. The second-order valence-electron chi connectivity index (χ2n) is 15.2. The van der Waals surface area contributed by atoms with E-state index in [0.29, 0.717) is 12.5 Å². The number of hydrogen-bond acceptors (Lipinski definition) is 5. The molecule has 0 unspecified atom stereocenters. The monoisotopic (exact) mass is 972 g/mol. The summed E-state index contributed by atoms with van der Waals surface area (Å²) < 4.78 is 10.0. The molecule has 0 aliphatic carbocycles. The molecule has 0 amide bonds. The molecule has 9 aromatic rings. The number of aromatic nitrogens is 5. The van der Waals surface area contributed by atoms with Crippen LogP contribution in [0, 0.1) is 19.1 Å². The van der Waals surface area contributed by atoms with Gasteiger partial charge in [0.2, 0.25) is 0 Å². The van der Waals surface area contributed by atoms with Gasteiger partial charge in [-0.1, -0.05) is 55.1 Å². The van der Waals surface area contributed by atoms with Crippen LogP contribution < -0.4 is 4.40 Å². The Labute approximate surface area is 344 Å². The summed E-state index contributed by atoms with van der Waals surface area (Å²) in [6.45, 7) is 6.95. The Morgan fingerprint density at radius 1 is 0.750 bits per heavy atom. The van der Waals surface area contributed by atoms with Gasteiger partial charge in [-0.05, 0) is 30.5 Å². The van der Waals surface area contributed by atoms with Gasteiger partial charge in [0.15, 0.2) is 0 Å². The summed E-state index contributed by atoms with van der Waals surface area (Å²) in [5.74, 6) is 8.40. The molecule has 0 fully saturated rings. The molecule has 0 aliphatic rings. The Morgan fingerprint density at radius 3 is 2.20 bits per heavy atom. The summed E-state index contributed by atoms with van der Waals surface area (Å²) in [4.78, 5) is 18.9. The molecule has 0 saturated heterocycles. The quantitative estimate of drug-likeness (QED) is 0.118. The summed E-state index contributed by atoms with van der Waals surface area (Å²) in [6.07, 6.45) is 5.86. The zero-order valence-electron chi connectivity index (χ0n) is 32.5. The molecular weight excluding hydrogens is 927 g/mol. The van der Waals surface area contributed by atoms with Crippen molar-refractivity contribution < 1.29 is 24.5 Å². The van der Waals surface area contributed by atoms with E-state index in [-0.39, 0.29) is 20.1 Å². The first kappa shape index (κ1) is 39.0. The predicted octanol–water partition coefficient (Wildman–Crippen LogP) is 11.4. The number of benzene rings is 4. The third-order valence-electron chi connectivity index (χ3n) is 9.96. The number of furan rings is 1. The maximum atomic E-state index is 6.37. The molecule has 0 N–H and O–H groups in total. The van der Waals surface area contributed by atoms with Gasteiger partial charge in [0.1, 0.15) is 5.58 Å². The van der Waals surface area contributed by atoms with Crippen LogP contribution in [-0.4, -0.2) is 37.8 Å². The molecule has 0 bridgehead atoms. The van der Waals surface area contributed by atoms with Gasteiger partial charge in [-0.2, -0.15) is 0 Å². The molecule has 0 saturated carbocycles. The minimum absolute atomic E-state index is 0. The van der Waals surface area contributed by atoms with Crippen LogP contribution in [0.5, 0.6) is 0 Å². The smallest absolute Gasteiger partial charge is 0 e. The number of hydrogen-bond donors (Lipinski definition) is 0. The Morgan fingerprint density at radius 2 is 1.48 bits per heavy atom. The van der Waals surface area contributed by atoms with Crippen LogP contribution in [0.3, 0.4) is 0 Å². The first-order valence-corrected chi connectivity index (χ1v) is 26.1. The Hall–Kier alpha value is -5.21. The molecule has 56 heavy (non-hydrogen) atoms. The minimum Gasteiger partial charge on any atom is 0 e. The van der Waals surface area contributed by atoms with Crippen molar-refractivity contribution in [1.82, 2.24) is 24.5 Å². The fraction of sp³-hybridized carbons (Fsp3) is 0.167. The number of fused-ring (bicyclic) bond motifs is 4. The van der Waals surface area contributed by atoms with E-state index >= 15 is 0 Å². The standard InChI is InChI=1S/C28H23N4O.C20H20GeN.Ir/c1-17(2)23-14-24-25(15-30-23)32(16-19-8-5-4-6-9-19)28(31-24)22-11-7-10-20-21-12-13-29-18(3)26(21)33-27(20)22;1-21(2,3)19-15-22-20(17-12-8-5-9-13-17)14-18(19)16-10-6-4-7-11-16;/h4-10,12-15,17H,16H2,1-3H3;4-12,14-15H,1-3H3;/q2*-1;. The van der Waals surface area contributed by atoms with E-state index in [0.717, 1.165) is 67.0 Å². The third-order valence-corrected chi connectivity index (χ3v) is 14.2. The fourth-order valence-electron chi connectivity index (χ4n) is 7.05. The van der Waals surface area contributed by atoms with E-state index in [1.165, 1.54) is 21.1 Å². The van der Waals surface area contributed by atoms with Crippen LogP contribution in [0.15, 0.2) is 138 Å². The first-order valence-electron chi connectivity index (χ1n) is 18.8. The predicted molar refractivity (Wildman–Crippen MR) is 228 cm³/mol. The SMILES string of the molecule is Cc1nccc2c1oc1c(-c3nc4cc(C(C)C)ncc4n3Cc3ccccc3)[c-]ccc12.[CH3][Ge]([CH3])([CH3])[c]1cnc(-c2[c-]cccc2)cc1-c1ccccc1.[Ir]. The molecule has 5 aromatic heterocycles. The van der Waals surface area contributed by atoms with E-state index < -0.39 is 13.3 Å². The van der Waals surface area contributed by atoms with Gasteiger partial charge in [0, 0.05) is 43.9 Å². The van der Waals surface area contributed by atoms with Crippen molar-refractivity contribution >= 4 is 50.6 Å². The summed E-state index contributed by atoms with van der Waals surface area (Å²) >= 11 is -1.99. The summed E-state index contributed by atoms with van der Waals surface area (Å²) in [5, 5.41) is 2.10. The largest absolute Gasteiger partial charge is 0 e.